The number of benzene rings is 1. The second-order valence-electron chi connectivity index (χ2n) is 5.28. The van der Waals surface area contributed by atoms with E-state index in [4.69, 9.17) is 4.74 Å². The van der Waals surface area contributed by atoms with Gasteiger partial charge >= 0.3 is 0 Å². The Bertz CT molecular complexity index is 436. The molecular weight excluding hydrogens is 276 g/mol. The van der Waals surface area contributed by atoms with Crippen LogP contribution in [0.1, 0.15) is 23.6 Å². The van der Waals surface area contributed by atoms with Crippen LogP contribution in [0.2, 0.25) is 0 Å². The van der Waals surface area contributed by atoms with Gasteiger partial charge < -0.3 is 15.2 Å². The summed E-state index contributed by atoms with van der Waals surface area (Å²) in [7, 11) is 0. The lowest BCUT2D eigenvalue weighted by Crippen LogP contribution is -2.45. The van der Waals surface area contributed by atoms with E-state index < -0.39 is 0 Å². The van der Waals surface area contributed by atoms with Gasteiger partial charge in [-0.2, -0.15) is 0 Å². The number of rotatable bonds is 4. The molecule has 1 saturated heterocycles. The van der Waals surface area contributed by atoms with Gasteiger partial charge in [0.1, 0.15) is 5.75 Å². The fraction of sp³-hybridized carbons (Fsp3) is 0.600. The number of hydrogen-bond acceptors (Lipinski definition) is 4. The van der Waals surface area contributed by atoms with Crippen molar-refractivity contribution in [1.82, 2.24) is 10.2 Å². The first-order chi connectivity index (χ1) is 9.38. The van der Waals surface area contributed by atoms with Crippen molar-refractivity contribution >= 4 is 12.4 Å². The number of aliphatic hydroxyl groups excluding tert-OH is 1. The molecule has 4 nitrogen and oxygen atoms in total. The third-order valence-corrected chi connectivity index (χ3v) is 4.09. The number of nitrogens with one attached hydrogen (secondary N) is 1. The minimum Gasteiger partial charge on any atom is -0.493 e. The molecule has 3 rings (SSSR count). The van der Waals surface area contributed by atoms with E-state index in [1.54, 1.807) is 0 Å². The van der Waals surface area contributed by atoms with Crippen molar-refractivity contribution in [2.75, 3.05) is 39.4 Å². The highest BCUT2D eigenvalue weighted by molar-refractivity contribution is 5.85. The average Bonchev–Trinajstić information content (AvgIpc) is 2.93. The fourth-order valence-electron chi connectivity index (χ4n) is 3.09. The van der Waals surface area contributed by atoms with Gasteiger partial charge in [0.05, 0.1) is 6.61 Å². The summed E-state index contributed by atoms with van der Waals surface area (Å²) < 4.78 is 5.57. The van der Waals surface area contributed by atoms with E-state index in [1.807, 2.05) is 0 Å². The number of aliphatic hydroxyl groups is 1. The van der Waals surface area contributed by atoms with E-state index in [0.29, 0.717) is 6.04 Å². The van der Waals surface area contributed by atoms with Gasteiger partial charge in [-0.3, -0.25) is 4.90 Å². The van der Waals surface area contributed by atoms with E-state index in [0.717, 1.165) is 51.4 Å². The summed E-state index contributed by atoms with van der Waals surface area (Å²) in [5.41, 5.74) is 2.63. The van der Waals surface area contributed by atoms with Crippen molar-refractivity contribution in [1.29, 1.82) is 0 Å². The van der Waals surface area contributed by atoms with Crippen LogP contribution >= 0.6 is 12.4 Å². The summed E-state index contributed by atoms with van der Waals surface area (Å²) in [6.07, 6.45) is 1.82. The summed E-state index contributed by atoms with van der Waals surface area (Å²) in [6, 6.07) is 6.85. The molecule has 2 N–H and O–H groups in total. The van der Waals surface area contributed by atoms with Crippen LogP contribution in [-0.2, 0) is 6.42 Å². The molecule has 1 fully saturated rings. The zero-order valence-electron chi connectivity index (χ0n) is 11.7. The lowest BCUT2D eigenvalue weighted by Gasteiger charge is -2.35. The maximum atomic E-state index is 9.36. The molecule has 0 bridgehead atoms. The Balaban J connectivity index is 0.00000147. The maximum absolute atomic E-state index is 9.36. The molecular formula is C15H23ClN2O2. The fourth-order valence-corrected chi connectivity index (χ4v) is 3.09. The molecule has 2 heterocycles. The summed E-state index contributed by atoms with van der Waals surface area (Å²) >= 11 is 0. The Labute approximate surface area is 126 Å². The van der Waals surface area contributed by atoms with E-state index in [1.165, 1.54) is 11.1 Å². The molecule has 0 radical (unpaired) electrons. The molecule has 0 aromatic heterocycles. The van der Waals surface area contributed by atoms with Crippen LogP contribution in [0, 0.1) is 0 Å². The van der Waals surface area contributed by atoms with Crippen LogP contribution in [0.5, 0.6) is 5.75 Å². The summed E-state index contributed by atoms with van der Waals surface area (Å²) in [5, 5.41) is 12.7. The topological polar surface area (TPSA) is 44.7 Å². The van der Waals surface area contributed by atoms with Gasteiger partial charge in [-0.1, -0.05) is 12.1 Å². The highest BCUT2D eigenvalue weighted by Gasteiger charge is 2.23. The number of fused-ring (bicyclic) bond motifs is 1. The Morgan fingerprint density at radius 3 is 2.85 bits per heavy atom. The van der Waals surface area contributed by atoms with E-state index >= 15 is 0 Å². The van der Waals surface area contributed by atoms with Crippen molar-refractivity contribution in [2.45, 2.75) is 18.9 Å². The molecule has 0 aliphatic carbocycles. The van der Waals surface area contributed by atoms with Crippen LogP contribution < -0.4 is 10.1 Å². The van der Waals surface area contributed by atoms with Gasteiger partial charge in [0.15, 0.2) is 0 Å². The Morgan fingerprint density at radius 2 is 2.10 bits per heavy atom. The first-order valence-electron chi connectivity index (χ1n) is 7.20. The van der Waals surface area contributed by atoms with Crippen LogP contribution in [0.25, 0.3) is 0 Å². The predicted molar refractivity (Wildman–Crippen MR) is 81.8 cm³/mol. The Kier molecular flexibility index (Phi) is 5.66. The second kappa shape index (κ2) is 7.27. The molecule has 0 unspecified atom stereocenters. The van der Waals surface area contributed by atoms with E-state index in [9.17, 15) is 5.11 Å². The Hall–Kier alpha value is -0.810. The summed E-state index contributed by atoms with van der Waals surface area (Å²) in [4.78, 5) is 2.48. The number of hydrogen-bond donors (Lipinski definition) is 2. The number of halogens is 1. The van der Waals surface area contributed by atoms with Crippen molar-refractivity contribution in [2.24, 2.45) is 0 Å². The largest absolute Gasteiger partial charge is 0.493 e. The van der Waals surface area contributed by atoms with Crippen molar-refractivity contribution in [3.8, 4) is 5.75 Å². The van der Waals surface area contributed by atoms with Crippen molar-refractivity contribution in [3.05, 3.63) is 29.3 Å². The first kappa shape index (κ1) is 15.6. The molecule has 0 amide bonds. The maximum Gasteiger partial charge on any atom is 0.122 e. The normalized spacial score (nSPS) is 19.9. The molecule has 1 aromatic rings. The SMILES string of the molecule is Cl.OCC[C@H](c1ccc2c(c1)CCO2)N1CCNCC1. The quantitative estimate of drug-likeness (QED) is 0.881. The van der Waals surface area contributed by atoms with Gasteiger partial charge in [0.2, 0.25) is 0 Å². The van der Waals surface area contributed by atoms with Crippen LogP contribution in [0.15, 0.2) is 18.2 Å². The smallest absolute Gasteiger partial charge is 0.122 e. The highest BCUT2D eigenvalue weighted by atomic mass is 35.5. The van der Waals surface area contributed by atoms with Gasteiger partial charge in [-0.15, -0.1) is 12.4 Å². The molecule has 0 spiro atoms. The average molecular weight is 299 g/mol. The van der Waals surface area contributed by atoms with Gasteiger partial charge in [0, 0.05) is 45.2 Å². The number of ether oxygens (including phenoxy) is 1. The monoisotopic (exact) mass is 298 g/mol. The zero-order chi connectivity index (χ0) is 13.1. The predicted octanol–water partition coefficient (Wildman–Crippen LogP) is 1.37. The van der Waals surface area contributed by atoms with Crippen LogP contribution in [0.4, 0.5) is 0 Å². The molecule has 5 heteroatoms. The lowest BCUT2D eigenvalue weighted by atomic mass is 9.98. The lowest BCUT2D eigenvalue weighted by molar-refractivity contribution is 0.141. The van der Waals surface area contributed by atoms with Gasteiger partial charge in [-0.05, 0) is 23.6 Å². The molecule has 112 valence electrons. The standard InChI is InChI=1S/C15H22N2O2.ClH/c18-9-3-14(17-7-5-16-6-8-17)12-1-2-15-13(11-12)4-10-19-15;/h1-2,11,14,16,18H,3-10H2;1H/t14-;/m1./s1. The van der Waals surface area contributed by atoms with E-state index in [2.05, 4.69) is 28.4 Å². The molecule has 1 aromatic carbocycles. The highest BCUT2D eigenvalue weighted by Crippen LogP contribution is 2.31. The molecule has 0 saturated carbocycles. The summed E-state index contributed by atoms with van der Waals surface area (Å²) in [6.45, 7) is 5.22. The van der Waals surface area contributed by atoms with Crippen LogP contribution in [0.3, 0.4) is 0 Å². The molecule has 20 heavy (non-hydrogen) atoms. The third kappa shape index (κ3) is 3.26. The molecule has 2 aliphatic heterocycles. The molecule has 2 aliphatic rings. The van der Waals surface area contributed by atoms with E-state index in [-0.39, 0.29) is 19.0 Å². The minimum atomic E-state index is 0. The number of nitrogens with zero attached hydrogens (tertiary/aromatic N) is 1. The van der Waals surface area contributed by atoms with Crippen LogP contribution in [-0.4, -0.2) is 49.4 Å². The zero-order valence-corrected chi connectivity index (χ0v) is 12.5. The van der Waals surface area contributed by atoms with Crippen molar-refractivity contribution in [3.63, 3.8) is 0 Å². The number of piperazine rings is 1. The minimum absolute atomic E-state index is 0. The second-order valence-corrected chi connectivity index (χ2v) is 5.28. The van der Waals surface area contributed by atoms with Gasteiger partial charge in [-0.25, -0.2) is 0 Å². The van der Waals surface area contributed by atoms with Gasteiger partial charge in [0.25, 0.3) is 0 Å². The first-order valence-corrected chi connectivity index (χ1v) is 7.20. The van der Waals surface area contributed by atoms with Crippen molar-refractivity contribution < 1.29 is 9.84 Å². The summed E-state index contributed by atoms with van der Waals surface area (Å²) in [5.74, 6) is 1.03. The Morgan fingerprint density at radius 1 is 1.30 bits per heavy atom. The third-order valence-electron chi connectivity index (χ3n) is 4.09. The molecule has 1 atom stereocenters.